The number of aryl methyl sites for hydroxylation is 1. The van der Waals surface area contributed by atoms with Crippen LogP contribution in [-0.2, 0) is 6.54 Å². The molecular formula is C24H30N2. The van der Waals surface area contributed by atoms with E-state index in [-0.39, 0.29) is 0 Å². The summed E-state index contributed by atoms with van der Waals surface area (Å²) in [7, 11) is 0. The molecule has 26 heavy (non-hydrogen) atoms. The monoisotopic (exact) mass is 346 g/mol. The summed E-state index contributed by atoms with van der Waals surface area (Å²) in [5.41, 5.74) is 6.84. The van der Waals surface area contributed by atoms with E-state index in [1.807, 2.05) is 4.58 Å². The lowest BCUT2D eigenvalue weighted by Crippen LogP contribution is -2.24. The molecule has 0 saturated carbocycles. The van der Waals surface area contributed by atoms with Crippen molar-refractivity contribution in [2.45, 2.75) is 53.0 Å². The molecule has 0 atom stereocenters. The molecule has 0 fully saturated rings. The van der Waals surface area contributed by atoms with E-state index in [1.54, 1.807) is 0 Å². The molecule has 3 rings (SSSR count). The van der Waals surface area contributed by atoms with E-state index in [0.29, 0.717) is 11.8 Å². The summed E-state index contributed by atoms with van der Waals surface area (Å²) in [5, 5.41) is 0. The first-order chi connectivity index (χ1) is 12.4. The average molecular weight is 347 g/mol. The fourth-order valence-corrected chi connectivity index (χ4v) is 3.79. The van der Waals surface area contributed by atoms with Gasteiger partial charge in [0.25, 0.3) is 0 Å². The average Bonchev–Trinajstić information content (AvgIpc) is 2.95. The van der Waals surface area contributed by atoms with Gasteiger partial charge in [-0.05, 0) is 29.9 Å². The summed E-state index contributed by atoms with van der Waals surface area (Å²) < 4.78 is 4.32. The Bertz CT molecular complexity index is 817. The third kappa shape index (κ3) is 3.41. The highest BCUT2D eigenvalue weighted by Crippen LogP contribution is 2.31. The molecule has 0 aliphatic carbocycles. The molecule has 0 saturated heterocycles. The Morgan fingerprint density at radius 1 is 0.962 bits per heavy atom. The van der Waals surface area contributed by atoms with Gasteiger partial charge in [0.15, 0.2) is 6.54 Å². The number of hydrogen-bond donors (Lipinski definition) is 0. The summed E-state index contributed by atoms with van der Waals surface area (Å²) in [6.07, 6.45) is 3.30. The number of benzene rings is 2. The van der Waals surface area contributed by atoms with Crippen molar-refractivity contribution >= 4 is 12.9 Å². The van der Waals surface area contributed by atoms with Crippen LogP contribution in [0.1, 0.15) is 67.3 Å². The zero-order valence-electron chi connectivity index (χ0n) is 16.7. The Morgan fingerprint density at radius 2 is 1.58 bits per heavy atom. The Morgan fingerprint density at radius 3 is 2.15 bits per heavy atom. The first-order valence-corrected chi connectivity index (χ1v) is 9.49. The van der Waals surface area contributed by atoms with Crippen molar-refractivity contribution in [2.24, 2.45) is 0 Å². The number of rotatable bonds is 5. The standard InChI is InChI=1S/C24H30N2/c1-17(2)20-12-9-13-21(18(3)4)23(20)16-26-15-14-25(6)24(26)22-11-8-7-10-19(22)5/h7-15,17-18H,6,16H2,1-5H3. The third-order valence-electron chi connectivity index (χ3n) is 5.18. The van der Waals surface area contributed by atoms with Crippen LogP contribution in [0.5, 0.6) is 0 Å². The molecule has 2 aromatic rings. The third-order valence-corrected chi connectivity index (χ3v) is 5.18. The van der Waals surface area contributed by atoms with E-state index in [0.717, 1.165) is 12.7 Å². The highest BCUT2D eigenvalue weighted by atomic mass is 15.3. The predicted octanol–water partition coefficient (Wildman–Crippen LogP) is 5.25. The smallest absolute Gasteiger partial charge is 0.239 e. The lowest BCUT2D eigenvalue weighted by molar-refractivity contribution is -0.657. The summed E-state index contributed by atoms with van der Waals surface area (Å²) in [6, 6.07) is 15.3. The van der Waals surface area contributed by atoms with Crippen LogP contribution in [0.25, 0.3) is 0 Å². The normalized spacial score (nSPS) is 14.2. The Hall–Kier alpha value is -2.48. The second-order valence-corrected chi connectivity index (χ2v) is 7.76. The largest absolute Gasteiger partial charge is 0.431 e. The SMILES string of the molecule is C=[N+]1[CH-]C=[N+](Cc2c(C(C)C)cccc2C(C)C)[C-]1c1ccccc1C. The molecule has 2 aromatic carbocycles. The first kappa shape index (κ1) is 18.3. The van der Waals surface area contributed by atoms with Crippen molar-refractivity contribution in [1.82, 2.24) is 0 Å². The molecule has 1 aliphatic rings. The van der Waals surface area contributed by atoms with Crippen molar-refractivity contribution in [2.75, 3.05) is 0 Å². The van der Waals surface area contributed by atoms with Gasteiger partial charge in [0.2, 0.25) is 6.17 Å². The van der Waals surface area contributed by atoms with E-state index in [9.17, 15) is 0 Å². The Labute approximate surface area is 158 Å². The molecule has 0 N–H and O–H groups in total. The summed E-state index contributed by atoms with van der Waals surface area (Å²) >= 11 is 0. The van der Waals surface area contributed by atoms with Gasteiger partial charge in [-0.3, -0.25) is 4.58 Å². The minimum absolute atomic E-state index is 0.507. The van der Waals surface area contributed by atoms with Crippen molar-refractivity contribution in [3.63, 3.8) is 0 Å². The quantitative estimate of drug-likeness (QED) is 0.515. The minimum Gasteiger partial charge on any atom is -0.431 e. The molecule has 0 unspecified atom stereocenters. The summed E-state index contributed by atoms with van der Waals surface area (Å²) in [5.74, 6) is 1.01. The summed E-state index contributed by atoms with van der Waals surface area (Å²) in [4.78, 5) is 0. The zero-order chi connectivity index (χ0) is 18.8. The van der Waals surface area contributed by atoms with E-state index in [1.165, 1.54) is 27.8 Å². The van der Waals surface area contributed by atoms with Gasteiger partial charge in [-0.25, -0.2) is 0 Å². The molecule has 136 valence electrons. The molecule has 2 nitrogen and oxygen atoms in total. The highest BCUT2D eigenvalue weighted by molar-refractivity contribution is 5.63. The molecule has 1 aliphatic heterocycles. The van der Waals surface area contributed by atoms with Crippen molar-refractivity contribution in [1.29, 1.82) is 0 Å². The van der Waals surface area contributed by atoms with Crippen molar-refractivity contribution < 1.29 is 9.15 Å². The first-order valence-electron chi connectivity index (χ1n) is 9.49. The highest BCUT2D eigenvalue weighted by Gasteiger charge is 2.28. The molecule has 0 bridgehead atoms. The molecular weight excluding hydrogens is 316 g/mol. The van der Waals surface area contributed by atoms with Gasteiger partial charge < -0.3 is 4.58 Å². The van der Waals surface area contributed by atoms with E-state index >= 15 is 0 Å². The van der Waals surface area contributed by atoms with Crippen LogP contribution < -0.4 is 0 Å². The van der Waals surface area contributed by atoms with Crippen LogP contribution in [0.4, 0.5) is 0 Å². The zero-order valence-corrected chi connectivity index (χ0v) is 16.7. The maximum absolute atomic E-state index is 4.21. The van der Waals surface area contributed by atoms with Gasteiger partial charge in [0, 0.05) is 17.7 Å². The van der Waals surface area contributed by atoms with E-state index < -0.39 is 0 Å². The van der Waals surface area contributed by atoms with Gasteiger partial charge in [0.05, 0.1) is 0 Å². The van der Waals surface area contributed by atoms with Gasteiger partial charge in [-0.15, -0.1) is 0 Å². The van der Waals surface area contributed by atoms with Gasteiger partial charge in [-0.2, -0.15) is 0 Å². The Kier molecular flexibility index (Phi) is 5.22. The van der Waals surface area contributed by atoms with Gasteiger partial charge in [-0.1, -0.05) is 82.4 Å². The number of nitrogens with zero attached hydrogens (tertiary/aromatic N) is 2. The topological polar surface area (TPSA) is 6.02 Å². The lowest BCUT2D eigenvalue weighted by atomic mass is 9.88. The van der Waals surface area contributed by atoms with Crippen LogP contribution in [0.2, 0.25) is 0 Å². The van der Waals surface area contributed by atoms with Crippen molar-refractivity contribution in [3.8, 4) is 0 Å². The second kappa shape index (κ2) is 7.41. The van der Waals surface area contributed by atoms with Crippen LogP contribution in [-0.4, -0.2) is 22.1 Å². The van der Waals surface area contributed by atoms with Crippen LogP contribution >= 0.6 is 0 Å². The fourth-order valence-electron chi connectivity index (χ4n) is 3.79. The maximum atomic E-state index is 4.21. The predicted molar refractivity (Wildman–Crippen MR) is 110 cm³/mol. The minimum atomic E-state index is 0.507. The van der Waals surface area contributed by atoms with Crippen LogP contribution in [0.15, 0.2) is 42.5 Å². The Balaban J connectivity index is 2.03. The molecule has 0 aromatic heterocycles. The van der Waals surface area contributed by atoms with Gasteiger partial charge in [0.1, 0.15) is 6.21 Å². The van der Waals surface area contributed by atoms with Crippen molar-refractivity contribution in [3.05, 3.63) is 83.0 Å². The van der Waals surface area contributed by atoms with Crippen LogP contribution in [0.3, 0.4) is 0 Å². The van der Waals surface area contributed by atoms with E-state index in [4.69, 9.17) is 0 Å². The molecule has 2 heteroatoms. The van der Waals surface area contributed by atoms with Crippen LogP contribution in [0, 0.1) is 19.6 Å². The molecule has 0 spiro atoms. The fraction of sp³-hybridized carbons (Fsp3) is 0.333. The molecule has 1 heterocycles. The number of hydrogen-bond acceptors (Lipinski definition) is 0. The molecule has 0 amide bonds. The lowest BCUT2D eigenvalue weighted by Gasteiger charge is -2.24. The second-order valence-electron chi connectivity index (χ2n) is 7.76. The molecule has 0 radical (unpaired) electrons. The summed E-state index contributed by atoms with van der Waals surface area (Å²) in [6.45, 7) is 18.4. The maximum Gasteiger partial charge on any atom is 0.239 e. The van der Waals surface area contributed by atoms with E-state index in [2.05, 4.69) is 101 Å². The van der Waals surface area contributed by atoms with Gasteiger partial charge >= 0.3 is 0 Å².